The van der Waals surface area contributed by atoms with Gasteiger partial charge in [0.2, 0.25) is 5.88 Å². The third kappa shape index (κ3) is 2.62. The number of phenols is 1. The zero-order chi connectivity index (χ0) is 18.5. The Bertz CT molecular complexity index is 996. The first-order valence-electron chi connectivity index (χ1n) is 8.30. The summed E-state index contributed by atoms with van der Waals surface area (Å²) in [4.78, 5) is 8.98. The fourth-order valence-electron chi connectivity index (χ4n) is 3.04. The van der Waals surface area contributed by atoms with Crippen LogP contribution >= 0.6 is 0 Å². The highest BCUT2D eigenvalue weighted by molar-refractivity contribution is 5.76. The largest absolute Gasteiger partial charge is 0.508 e. The second kappa shape index (κ2) is 5.40. The molecule has 0 aliphatic carbocycles. The molecule has 132 valence electrons. The molecule has 0 fully saturated rings. The Morgan fingerprint density at radius 2 is 2.04 bits per heavy atom. The molecule has 6 nitrogen and oxygen atoms in total. The number of pyridine rings is 1. The van der Waals surface area contributed by atoms with Crippen LogP contribution in [-0.4, -0.2) is 22.7 Å². The van der Waals surface area contributed by atoms with Crippen molar-refractivity contribution in [3.63, 3.8) is 0 Å². The van der Waals surface area contributed by atoms with Crippen molar-refractivity contribution in [2.75, 3.05) is 6.61 Å². The summed E-state index contributed by atoms with van der Waals surface area (Å²) in [6, 6.07) is 6.87. The fraction of sp³-hybridized carbons (Fsp3) is 0.300. The molecule has 2 aromatic rings. The van der Waals surface area contributed by atoms with Crippen molar-refractivity contribution in [1.29, 1.82) is 0 Å². The van der Waals surface area contributed by atoms with Gasteiger partial charge in [0, 0.05) is 22.7 Å². The normalized spacial score (nSPS) is 20.2. The predicted octanol–water partition coefficient (Wildman–Crippen LogP) is 2.88. The van der Waals surface area contributed by atoms with E-state index in [1.54, 1.807) is 24.4 Å². The highest BCUT2D eigenvalue weighted by Gasteiger charge is 2.47. The number of hydrogen-bond acceptors (Lipinski definition) is 6. The average molecular weight is 349 g/mol. The molecule has 1 spiro atoms. The molecule has 3 N–H and O–H groups in total. The third-order valence-electron chi connectivity index (χ3n) is 4.22. The molecule has 1 atom stereocenters. The van der Waals surface area contributed by atoms with Crippen LogP contribution in [0.5, 0.6) is 17.4 Å². The first-order valence-corrected chi connectivity index (χ1v) is 8.30. The van der Waals surface area contributed by atoms with Gasteiger partial charge in [-0.05, 0) is 45.0 Å². The quantitative estimate of drug-likeness (QED) is 0.714. The van der Waals surface area contributed by atoms with E-state index >= 15 is 0 Å². The van der Waals surface area contributed by atoms with E-state index in [0.29, 0.717) is 17.2 Å². The third-order valence-corrected chi connectivity index (χ3v) is 4.22. The van der Waals surface area contributed by atoms with Crippen molar-refractivity contribution in [2.24, 2.45) is 16.1 Å². The van der Waals surface area contributed by atoms with Crippen LogP contribution in [0.4, 0.5) is 0 Å². The summed E-state index contributed by atoms with van der Waals surface area (Å²) in [6.07, 6.45) is 1.68. The van der Waals surface area contributed by atoms with E-state index in [2.05, 4.69) is 21.8 Å². The number of fused-ring (bicyclic) bond motifs is 4. The number of phenolic OH excluding ortho intramolecular Hbond substituents is 1. The Balaban J connectivity index is 1.92. The molecular formula is C20H19N3O3. The van der Waals surface area contributed by atoms with Crippen molar-refractivity contribution >= 4 is 6.02 Å². The molecule has 0 saturated carbocycles. The summed E-state index contributed by atoms with van der Waals surface area (Å²) in [5, 5.41) is 9.96. The molecule has 26 heavy (non-hydrogen) atoms. The first kappa shape index (κ1) is 16.3. The van der Waals surface area contributed by atoms with Crippen molar-refractivity contribution in [3.05, 3.63) is 47.2 Å². The van der Waals surface area contributed by atoms with Crippen molar-refractivity contribution < 1.29 is 14.6 Å². The second-order valence-corrected chi connectivity index (χ2v) is 7.46. The number of aromatic hydroxyl groups is 1. The lowest BCUT2D eigenvalue weighted by atomic mass is 9.82. The van der Waals surface area contributed by atoms with Gasteiger partial charge in [0.25, 0.3) is 6.02 Å². The molecule has 1 aromatic heterocycles. The Morgan fingerprint density at radius 3 is 2.73 bits per heavy atom. The lowest BCUT2D eigenvalue weighted by molar-refractivity contribution is 0.262. The topological polar surface area (TPSA) is 90.0 Å². The average Bonchev–Trinajstić information content (AvgIpc) is 2.96. The van der Waals surface area contributed by atoms with E-state index < -0.39 is 5.54 Å². The lowest BCUT2D eigenvalue weighted by Gasteiger charge is -2.32. The van der Waals surface area contributed by atoms with E-state index in [-0.39, 0.29) is 23.8 Å². The van der Waals surface area contributed by atoms with Crippen LogP contribution in [0.2, 0.25) is 0 Å². The van der Waals surface area contributed by atoms with Crippen molar-refractivity contribution in [3.8, 4) is 29.2 Å². The van der Waals surface area contributed by atoms with Crippen LogP contribution in [0.25, 0.3) is 0 Å². The fourth-order valence-corrected chi connectivity index (χ4v) is 3.04. The van der Waals surface area contributed by atoms with Gasteiger partial charge in [-0.15, -0.1) is 0 Å². The van der Waals surface area contributed by atoms with E-state index in [1.807, 2.05) is 26.8 Å². The maximum absolute atomic E-state index is 9.96. The van der Waals surface area contributed by atoms with Gasteiger partial charge in [0.15, 0.2) is 5.54 Å². The molecule has 0 saturated heterocycles. The van der Waals surface area contributed by atoms with Crippen LogP contribution < -0.4 is 10.5 Å². The van der Waals surface area contributed by atoms with E-state index in [4.69, 9.17) is 15.2 Å². The Kier molecular flexibility index (Phi) is 3.38. The molecule has 0 amide bonds. The molecule has 1 aromatic carbocycles. The number of rotatable bonds is 0. The number of aliphatic imine (C=N–C) groups is 1. The highest BCUT2D eigenvalue weighted by atomic mass is 16.5. The molecule has 6 heteroatoms. The minimum atomic E-state index is -0.905. The number of hydrogen-bond donors (Lipinski definition) is 2. The van der Waals surface area contributed by atoms with E-state index in [1.165, 1.54) is 0 Å². The van der Waals surface area contributed by atoms with Gasteiger partial charge in [-0.1, -0.05) is 11.8 Å². The molecule has 3 heterocycles. The predicted molar refractivity (Wildman–Crippen MR) is 97.1 cm³/mol. The number of aromatic nitrogens is 1. The number of nitrogens with two attached hydrogens (primary N) is 1. The van der Waals surface area contributed by atoms with Crippen LogP contribution in [-0.2, 0) is 10.3 Å². The molecule has 1 unspecified atom stereocenters. The maximum Gasteiger partial charge on any atom is 0.283 e. The number of ether oxygens (including phenoxy) is 2. The van der Waals surface area contributed by atoms with Gasteiger partial charge in [0.1, 0.15) is 18.1 Å². The maximum atomic E-state index is 9.96. The minimum Gasteiger partial charge on any atom is -0.508 e. The van der Waals surface area contributed by atoms with Gasteiger partial charge in [-0.2, -0.15) is 0 Å². The summed E-state index contributed by atoms with van der Waals surface area (Å²) in [5.74, 6) is 7.47. The SMILES string of the molecule is CC(C)(C)C#Cc1cnc2c(c1)C1(COC(N)=N1)c1cc(O)ccc1O2. The first-order chi connectivity index (χ1) is 12.3. The van der Waals surface area contributed by atoms with Crippen LogP contribution in [0, 0.1) is 17.3 Å². The standard InChI is InChI=1S/C20H19N3O3/c1-19(2,3)7-6-12-8-15-17(22-10-12)26-16-5-4-13(24)9-14(16)20(15)11-25-18(21)23-20/h4-5,8-10,24H,11H2,1-3H3,(H2,21,23). The Labute approximate surface area is 151 Å². The summed E-state index contributed by atoms with van der Waals surface area (Å²) in [5.41, 5.74) is 6.96. The molecule has 4 rings (SSSR count). The molecule has 0 radical (unpaired) electrons. The van der Waals surface area contributed by atoms with Gasteiger partial charge in [0.05, 0.1) is 5.56 Å². The summed E-state index contributed by atoms with van der Waals surface area (Å²) >= 11 is 0. The van der Waals surface area contributed by atoms with E-state index in [0.717, 1.165) is 11.1 Å². The monoisotopic (exact) mass is 349 g/mol. The second-order valence-electron chi connectivity index (χ2n) is 7.46. The number of amidine groups is 1. The van der Waals surface area contributed by atoms with Crippen LogP contribution in [0.15, 0.2) is 35.5 Å². The summed E-state index contributed by atoms with van der Waals surface area (Å²) in [6.45, 7) is 6.35. The van der Waals surface area contributed by atoms with Gasteiger partial charge in [-0.25, -0.2) is 9.98 Å². The number of nitrogens with zero attached hydrogens (tertiary/aromatic N) is 2. The molecular weight excluding hydrogens is 330 g/mol. The highest BCUT2D eigenvalue weighted by Crippen LogP contribution is 2.50. The minimum absolute atomic E-state index is 0.0957. The van der Waals surface area contributed by atoms with Crippen molar-refractivity contribution in [1.82, 2.24) is 4.98 Å². The zero-order valence-electron chi connectivity index (χ0n) is 14.8. The molecule has 0 bridgehead atoms. The van der Waals surface area contributed by atoms with Gasteiger partial charge in [-0.3, -0.25) is 0 Å². The van der Waals surface area contributed by atoms with Crippen molar-refractivity contribution in [2.45, 2.75) is 26.3 Å². The van der Waals surface area contributed by atoms with Crippen LogP contribution in [0.1, 0.15) is 37.5 Å². The Hall–Kier alpha value is -3.20. The van der Waals surface area contributed by atoms with Gasteiger partial charge < -0.3 is 20.3 Å². The number of benzene rings is 1. The summed E-state index contributed by atoms with van der Waals surface area (Å²) < 4.78 is 11.4. The Morgan fingerprint density at radius 1 is 1.23 bits per heavy atom. The van der Waals surface area contributed by atoms with Gasteiger partial charge >= 0.3 is 0 Å². The summed E-state index contributed by atoms with van der Waals surface area (Å²) in [7, 11) is 0. The smallest absolute Gasteiger partial charge is 0.283 e. The molecule has 2 aliphatic rings. The zero-order valence-corrected chi connectivity index (χ0v) is 14.8. The van der Waals surface area contributed by atoms with E-state index in [9.17, 15) is 5.11 Å². The van der Waals surface area contributed by atoms with Crippen LogP contribution in [0.3, 0.4) is 0 Å². The molecule has 2 aliphatic heterocycles. The lowest BCUT2D eigenvalue weighted by Crippen LogP contribution is -2.31.